The molecule has 1 saturated heterocycles. The van der Waals surface area contributed by atoms with Gasteiger partial charge in [-0.1, -0.05) is 32.4 Å². The van der Waals surface area contributed by atoms with E-state index in [1.54, 1.807) is 20.8 Å². The molecule has 2 aromatic rings. The van der Waals surface area contributed by atoms with Crippen molar-refractivity contribution in [2.24, 2.45) is 17.8 Å². The third kappa shape index (κ3) is 8.58. The van der Waals surface area contributed by atoms with Crippen LogP contribution in [0.4, 0.5) is 9.18 Å². The Kier molecular flexibility index (Phi) is 10.9. The van der Waals surface area contributed by atoms with Gasteiger partial charge in [0, 0.05) is 17.7 Å². The maximum atomic E-state index is 14.7. The number of sulfonamides is 1. The summed E-state index contributed by atoms with van der Waals surface area (Å²) in [5.41, 5.74) is -2.40. The number of carbonyl (C=O) groups excluding carboxylic acids is 4. The summed E-state index contributed by atoms with van der Waals surface area (Å²) in [5, 5.41) is 5.82. The molecule has 1 aromatic heterocycles. The van der Waals surface area contributed by atoms with Crippen LogP contribution in [0, 0.1) is 23.6 Å². The molecule has 2 aliphatic carbocycles. The molecule has 3 heterocycles. The van der Waals surface area contributed by atoms with Gasteiger partial charge in [-0.3, -0.25) is 19.1 Å². The molecule has 14 nitrogen and oxygen atoms in total. The number of rotatable bonds is 7. The fourth-order valence-corrected chi connectivity index (χ4v) is 8.69. The number of nitrogens with zero attached hydrogens (tertiary/aromatic N) is 2. The number of allylic oxidation sites excluding steroid dienone is 1. The van der Waals surface area contributed by atoms with Gasteiger partial charge in [0.25, 0.3) is 5.91 Å². The molecule has 3 N–H and O–H groups in total. The summed E-state index contributed by atoms with van der Waals surface area (Å²) in [6.45, 7) is 8.89. The predicted molar refractivity (Wildman–Crippen MR) is 196 cm³/mol. The Morgan fingerprint density at radius 2 is 1.81 bits per heavy atom. The molecule has 294 valence electrons. The molecule has 7 atom stereocenters. The average Bonchev–Trinajstić information content (AvgIpc) is 4.02. The number of alkyl carbamates (subject to hydrolysis) is 1. The Morgan fingerprint density at radius 3 is 2.50 bits per heavy atom. The summed E-state index contributed by atoms with van der Waals surface area (Å²) >= 11 is 0. The van der Waals surface area contributed by atoms with Crippen LogP contribution in [0.25, 0.3) is 10.8 Å². The molecule has 2 aliphatic heterocycles. The zero-order valence-corrected chi connectivity index (χ0v) is 32.3. The van der Waals surface area contributed by atoms with Crippen LogP contribution < -0.4 is 24.8 Å². The number of pyridine rings is 1. The number of amides is 4. The number of hydrogen-bond acceptors (Lipinski definition) is 10. The second kappa shape index (κ2) is 15.0. The lowest BCUT2D eigenvalue weighted by atomic mass is 9.92. The van der Waals surface area contributed by atoms with Crippen molar-refractivity contribution in [1.29, 1.82) is 0 Å². The number of nitrogens with one attached hydrogen (secondary N) is 3. The average molecular weight is 772 g/mol. The van der Waals surface area contributed by atoms with Gasteiger partial charge in [0.05, 0.1) is 30.5 Å². The van der Waals surface area contributed by atoms with Crippen LogP contribution >= 0.6 is 0 Å². The van der Waals surface area contributed by atoms with E-state index >= 15 is 0 Å². The lowest BCUT2D eigenvalue weighted by molar-refractivity contribution is -0.142. The topological polar surface area (TPSA) is 182 Å². The number of carbonyl (C=O) groups is 4. The van der Waals surface area contributed by atoms with Gasteiger partial charge in [0.15, 0.2) is 0 Å². The lowest BCUT2D eigenvalue weighted by Gasteiger charge is -2.32. The van der Waals surface area contributed by atoms with E-state index in [1.165, 1.54) is 36.4 Å². The number of hydrogen-bond donors (Lipinski definition) is 3. The summed E-state index contributed by atoms with van der Waals surface area (Å²) in [7, 11) is -2.47. The van der Waals surface area contributed by atoms with Crippen molar-refractivity contribution in [3.63, 3.8) is 0 Å². The highest BCUT2D eigenvalue weighted by atomic mass is 32.2. The second-order valence-corrected chi connectivity index (χ2v) is 18.1. The highest BCUT2D eigenvalue weighted by Crippen LogP contribution is 2.46. The van der Waals surface area contributed by atoms with E-state index in [0.29, 0.717) is 42.2 Å². The Hall–Kier alpha value is -4.47. The van der Waals surface area contributed by atoms with Crippen molar-refractivity contribution in [1.82, 2.24) is 25.2 Å². The van der Waals surface area contributed by atoms with Crippen LogP contribution in [-0.2, 0) is 29.1 Å². The molecule has 0 unspecified atom stereocenters. The van der Waals surface area contributed by atoms with Gasteiger partial charge in [-0.05, 0) is 82.9 Å². The lowest BCUT2D eigenvalue weighted by Crippen LogP contribution is -2.59. The minimum Gasteiger partial charge on any atom is -0.494 e. The largest absolute Gasteiger partial charge is 0.494 e. The number of aromatic nitrogens is 1. The molecule has 6 rings (SSSR count). The quantitative estimate of drug-likeness (QED) is 0.347. The fourth-order valence-electron chi connectivity index (χ4n) is 7.33. The van der Waals surface area contributed by atoms with Gasteiger partial charge < -0.3 is 29.7 Å². The van der Waals surface area contributed by atoms with E-state index in [1.807, 2.05) is 26.0 Å². The molecule has 4 amide bonds. The highest BCUT2D eigenvalue weighted by Gasteiger charge is 2.62. The summed E-state index contributed by atoms with van der Waals surface area (Å²) < 4.78 is 59.7. The second-order valence-electron chi connectivity index (χ2n) is 16.1. The van der Waals surface area contributed by atoms with Crippen molar-refractivity contribution >= 4 is 44.6 Å². The molecule has 2 saturated carbocycles. The summed E-state index contributed by atoms with van der Waals surface area (Å²) in [4.78, 5) is 61.7. The van der Waals surface area contributed by atoms with Crippen LogP contribution in [0.5, 0.6) is 11.6 Å². The van der Waals surface area contributed by atoms with E-state index in [4.69, 9.17) is 14.2 Å². The van der Waals surface area contributed by atoms with Crippen molar-refractivity contribution in [3.8, 4) is 11.6 Å². The van der Waals surface area contributed by atoms with Gasteiger partial charge >= 0.3 is 6.09 Å². The van der Waals surface area contributed by atoms with E-state index in [2.05, 4.69) is 20.3 Å². The molecule has 3 fully saturated rings. The fraction of sp³-hybridized carbons (Fsp3) is 0.605. The zero-order chi connectivity index (χ0) is 39.2. The van der Waals surface area contributed by atoms with Crippen LogP contribution in [0.3, 0.4) is 0 Å². The number of benzene rings is 1. The van der Waals surface area contributed by atoms with Crippen molar-refractivity contribution in [3.05, 3.63) is 42.4 Å². The van der Waals surface area contributed by atoms with Gasteiger partial charge in [0.1, 0.15) is 40.9 Å². The summed E-state index contributed by atoms with van der Waals surface area (Å²) in [5.74, 6) is -2.91. The Morgan fingerprint density at radius 1 is 1.07 bits per heavy atom. The van der Waals surface area contributed by atoms with Crippen molar-refractivity contribution in [2.45, 2.75) is 114 Å². The van der Waals surface area contributed by atoms with Crippen LogP contribution in [0.2, 0.25) is 0 Å². The maximum Gasteiger partial charge on any atom is 0.408 e. The molecule has 0 radical (unpaired) electrons. The molecule has 54 heavy (non-hydrogen) atoms. The van der Waals surface area contributed by atoms with E-state index in [-0.39, 0.29) is 37.1 Å². The molecular formula is C38H50FN5O9S. The SMILES string of the molecule is COc1cnc(O[C@@H]2C[C@H]3C(=O)N[C@]4(C(=O)NS(=O)(=O)C5CC5)C[C@H]4/C=C\[C@H](C)CCC[C@@H](C)[C@H](NC(=O)OC(C)(C)C)C(=O)N3C2)c2cc(F)ccc12. The van der Waals surface area contributed by atoms with Crippen LogP contribution in [0.1, 0.15) is 79.6 Å². The van der Waals surface area contributed by atoms with E-state index in [0.717, 1.165) is 6.42 Å². The maximum absolute atomic E-state index is 14.7. The monoisotopic (exact) mass is 771 g/mol. The first-order valence-electron chi connectivity index (χ1n) is 18.6. The van der Waals surface area contributed by atoms with Crippen molar-refractivity contribution in [2.75, 3.05) is 13.7 Å². The van der Waals surface area contributed by atoms with E-state index in [9.17, 15) is 32.0 Å². The first-order chi connectivity index (χ1) is 25.4. The number of fused-ring (bicyclic) bond motifs is 3. The third-order valence-electron chi connectivity index (χ3n) is 10.6. The molecule has 0 bridgehead atoms. The van der Waals surface area contributed by atoms with Gasteiger partial charge in [0.2, 0.25) is 27.7 Å². The molecular weight excluding hydrogens is 722 g/mol. The Balaban J connectivity index is 1.35. The van der Waals surface area contributed by atoms with Crippen LogP contribution in [0.15, 0.2) is 36.5 Å². The molecule has 4 aliphatic rings. The normalized spacial score (nSPS) is 29.8. The van der Waals surface area contributed by atoms with Gasteiger partial charge in [-0.2, -0.15) is 0 Å². The van der Waals surface area contributed by atoms with Gasteiger partial charge in [-0.15, -0.1) is 0 Å². The summed E-state index contributed by atoms with van der Waals surface area (Å²) in [6.07, 6.45) is 6.67. The molecule has 16 heteroatoms. The Labute approximate surface area is 315 Å². The van der Waals surface area contributed by atoms with E-state index < -0.39 is 80.2 Å². The first kappa shape index (κ1) is 39.2. The van der Waals surface area contributed by atoms with Crippen LogP contribution in [-0.4, -0.2) is 90.3 Å². The molecule has 1 aromatic carbocycles. The number of halogens is 1. The minimum atomic E-state index is -3.93. The van der Waals surface area contributed by atoms with Crippen molar-refractivity contribution < 1.29 is 46.2 Å². The third-order valence-corrected chi connectivity index (χ3v) is 12.4. The standard InChI is InChI=1S/C38H50FN5O9S/c1-21-8-7-9-22(2)31(41-36(48)53-37(3,4)5)34(46)44-20-25(52-33-28-16-24(39)12-15-27(28)30(51-6)19-40-33)17-29(44)32(45)42-38(18-23(38)11-10-21)35(47)43-54(49,50)26-13-14-26/h10-12,15-16,19,21-23,25-26,29,31H,7-9,13-14,17-18,20H2,1-6H3,(H,41,48)(H,42,45)(H,43,47)/b11-10-/t21-,22-,23-,25-,29+,31+,38-/m1/s1. The predicted octanol–water partition coefficient (Wildman–Crippen LogP) is 4.12. The number of ether oxygens (including phenoxy) is 3. The minimum absolute atomic E-state index is 0.0504. The zero-order valence-electron chi connectivity index (χ0n) is 31.5. The Bertz CT molecular complexity index is 1950. The number of methoxy groups -OCH3 is 1. The highest BCUT2D eigenvalue weighted by molar-refractivity contribution is 7.91. The smallest absolute Gasteiger partial charge is 0.408 e. The first-order valence-corrected chi connectivity index (χ1v) is 20.1. The van der Waals surface area contributed by atoms with Gasteiger partial charge in [-0.25, -0.2) is 22.6 Å². The summed E-state index contributed by atoms with van der Waals surface area (Å²) in [6, 6.07) is 1.80. The molecule has 0 spiro atoms.